The Kier molecular flexibility index (Phi) is 5.00. The average Bonchev–Trinajstić information content (AvgIpc) is 2.95. The summed E-state index contributed by atoms with van der Waals surface area (Å²) in [5.41, 5.74) is 0.932. The molecule has 2 N–H and O–H groups in total. The van der Waals surface area contributed by atoms with Gasteiger partial charge in [0.1, 0.15) is 6.04 Å². The standard InChI is InChI=1S/C12H16N2O4S2/c1-7-13-8(5-20-7)4-19-6-11(16)14-3-9(15)2-10(14)12(17)18/h5,9-10,15H,2-4,6H2,1H3,(H,17,18). The lowest BCUT2D eigenvalue weighted by Gasteiger charge is -2.20. The van der Waals surface area contributed by atoms with E-state index in [4.69, 9.17) is 5.11 Å². The molecule has 1 aromatic rings. The molecule has 0 aliphatic carbocycles. The van der Waals surface area contributed by atoms with Crippen LogP contribution >= 0.6 is 23.1 Å². The van der Waals surface area contributed by atoms with E-state index in [1.807, 2.05) is 12.3 Å². The lowest BCUT2D eigenvalue weighted by Crippen LogP contribution is -2.41. The molecule has 2 atom stereocenters. The number of carboxylic acids is 1. The zero-order valence-corrected chi connectivity index (χ0v) is 12.6. The van der Waals surface area contributed by atoms with Gasteiger partial charge in [0.25, 0.3) is 0 Å². The van der Waals surface area contributed by atoms with E-state index in [0.717, 1.165) is 10.7 Å². The van der Waals surface area contributed by atoms with E-state index in [0.29, 0.717) is 5.75 Å². The van der Waals surface area contributed by atoms with Crippen LogP contribution in [-0.4, -0.2) is 56.4 Å². The van der Waals surface area contributed by atoms with Crippen LogP contribution in [0.2, 0.25) is 0 Å². The first kappa shape index (κ1) is 15.3. The second kappa shape index (κ2) is 6.55. The maximum absolute atomic E-state index is 12.0. The number of thioether (sulfide) groups is 1. The van der Waals surface area contributed by atoms with Crippen molar-refractivity contribution in [2.75, 3.05) is 12.3 Å². The quantitative estimate of drug-likeness (QED) is 0.832. The minimum absolute atomic E-state index is 0.103. The molecule has 1 saturated heterocycles. The van der Waals surface area contributed by atoms with Gasteiger partial charge in [0.15, 0.2) is 0 Å². The van der Waals surface area contributed by atoms with Crippen LogP contribution < -0.4 is 0 Å². The largest absolute Gasteiger partial charge is 0.480 e. The van der Waals surface area contributed by atoms with Gasteiger partial charge in [0.05, 0.1) is 22.6 Å². The van der Waals surface area contributed by atoms with Crippen molar-refractivity contribution in [2.45, 2.75) is 31.2 Å². The Bertz CT molecular complexity index is 505. The van der Waals surface area contributed by atoms with E-state index in [1.54, 1.807) is 11.3 Å². The number of carbonyl (C=O) groups excluding carboxylic acids is 1. The Morgan fingerprint density at radius 2 is 2.35 bits per heavy atom. The van der Waals surface area contributed by atoms with Crippen molar-refractivity contribution in [3.8, 4) is 0 Å². The number of thiazole rings is 1. The zero-order chi connectivity index (χ0) is 14.7. The van der Waals surface area contributed by atoms with Crippen molar-refractivity contribution in [2.24, 2.45) is 0 Å². The van der Waals surface area contributed by atoms with Gasteiger partial charge in [0, 0.05) is 24.1 Å². The third kappa shape index (κ3) is 3.71. The summed E-state index contributed by atoms with van der Waals surface area (Å²) in [4.78, 5) is 28.6. The molecule has 1 fully saturated rings. The molecular formula is C12H16N2O4S2. The molecule has 0 aromatic carbocycles. The van der Waals surface area contributed by atoms with E-state index >= 15 is 0 Å². The van der Waals surface area contributed by atoms with E-state index in [-0.39, 0.29) is 24.6 Å². The van der Waals surface area contributed by atoms with Crippen LogP contribution in [-0.2, 0) is 15.3 Å². The molecule has 0 spiro atoms. The summed E-state index contributed by atoms with van der Waals surface area (Å²) in [7, 11) is 0. The van der Waals surface area contributed by atoms with E-state index in [2.05, 4.69) is 4.98 Å². The molecule has 20 heavy (non-hydrogen) atoms. The second-order valence-electron chi connectivity index (χ2n) is 4.64. The van der Waals surface area contributed by atoms with Crippen LogP contribution in [0.3, 0.4) is 0 Å². The van der Waals surface area contributed by atoms with Crippen LogP contribution in [0.1, 0.15) is 17.1 Å². The number of aliphatic carboxylic acids is 1. The molecule has 0 saturated carbocycles. The SMILES string of the molecule is Cc1nc(CSCC(=O)N2CC(O)CC2C(=O)O)cs1. The second-order valence-corrected chi connectivity index (χ2v) is 6.69. The van der Waals surface area contributed by atoms with Crippen LogP contribution in [0.5, 0.6) is 0 Å². The number of aromatic nitrogens is 1. The highest BCUT2D eigenvalue weighted by Gasteiger charge is 2.38. The van der Waals surface area contributed by atoms with Crippen molar-refractivity contribution in [1.82, 2.24) is 9.88 Å². The van der Waals surface area contributed by atoms with Gasteiger partial charge in [0.2, 0.25) is 5.91 Å². The molecule has 0 radical (unpaired) electrons. The third-order valence-electron chi connectivity index (χ3n) is 3.03. The fourth-order valence-electron chi connectivity index (χ4n) is 2.12. The van der Waals surface area contributed by atoms with E-state index in [9.17, 15) is 14.7 Å². The Morgan fingerprint density at radius 1 is 1.60 bits per heavy atom. The smallest absolute Gasteiger partial charge is 0.326 e. The highest BCUT2D eigenvalue weighted by Crippen LogP contribution is 2.21. The fourth-order valence-corrected chi connectivity index (χ4v) is 3.64. The highest BCUT2D eigenvalue weighted by atomic mass is 32.2. The topological polar surface area (TPSA) is 90.7 Å². The number of hydrogen-bond acceptors (Lipinski definition) is 6. The van der Waals surface area contributed by atoms with Gasteiger partial charge >= 0.3 is 5.97 Å². The maximum Gasteiger partial charge on any atom is 0.326 e. The minimum atomic E-state index is -1.06. The molecule has 110 valence electrons. The van der Waals surface area contributed by atoms with Crippen LogP contribution in [0, 0.1) is 6.92 Å². The summed E-state index contributed by atoms with van der Waals surface area (Å²) in [6.45, 7) is 2.03. The van der Waals surface area contributed by atoms with Gasteiger partial charge in [-0.05, 0) is 6.92 Å². The fraction of sp³-hybridized carbons (Fsp3) is 0.583. The minimum Gasteiger partial charge on any atom is -0.480 e. The first-order valence-electron chi connectivity index (χ1n) is 6.16. The molecule has 2 rings (SSSR count). The molecule has 1 aromatic heterocycles. The van der Waals surface area contributed by atoms with Gasteiger partial charge in [-0.2, -0.15) is 0 Å². The molecular weight excluding hydrogens is 300 g/mol. The molecule has 0 bridgehead atoms. The number of hydrogen-bond donors (Lipinski definition) is 2. The monoisotopic (exact) mass is 316 g/mol. The number of likely N-dealkylation sites (tertiary alicyclic amines) is 1. The van der Waals surface area contributed by atoms with Gasteiger partial charge in [-0.25, -0.2) is 9.78 Å². The van der Waals surface area contributed by atoms with Crippen LogP contribution in [0.4, 0.5) is 0 Å². The van der Waals surface area contributed by atoms with Crippen molar-refractivity contribution in [3.63, 3.8) is 0 Å². The molecule has 1 aliphatic heterocycles. The average molecular weight is 316 g/mol. The highest BCUT2D eigenvalue weighted by molar-refractivity contribution is 7.99. The number of nitrogens with zero attached hydrogens (tertiary/aromatic N) is 2. The number of rotatable bonds is 5. The van der Waals surface area contributed by atoms with Crippen LogP contribution in [0.25, 0.3) is 0 Å². The van der Waals surface area contributed by atoms with Gasteiger partial charge < -0.3 is 15.1 Å². The molecule has 2 unspecified atom stereocenters. The lowest BCUT2D eigenvalue weighted by atomic mass is 10.2. The first-order chi connectivity index (χ1) is 9.47. The van der Waals surface area contributed by atoms with Crippen molar-refractivity contribution < 1.29 is 19.8 Å². The van der Waals surface area contributed by atoms with Crippen molar-refractivity contribution in [3.05, 3.63) is 16.1 Å². The Balaban J connectivity index is 1.83. The number of carbonyl (C=O) groups is 2. The number of aliphatic hydroxyl groups excluding tert-OH is 1. The summed E-state index contributed by atoms with van der Waals surface area (Å²) in [5, 5.41) is 21.5. The van der Waals surface area contributed by atoms with Gasteiger partial charge in [-0.3, -0.25) is 4.79 Å². The number of amides is 1. The Morgan fingerprint density at radius 3 is 2.95 bits per heavy atom. The van der Waals surface area contributed by atoms with E-state index < -0.39 is 18.1 Å². The number of carboxylic acid groups (broad SMARTS) is 1. The summed E-state index contributed by atoms with van der Waals surface area (Å²) >= 11 is 2.97. The predicted molar refractivity (Wildman–Crippen MR) is 76.8 cm³/mol. The number of aliphatic hydroxyl groups is 1. The Labute approximate surface area is 124 Å². The molecule has 1 aliphatic rings. The molecule has 1 amide bonds. The number of aryl methyl sites for hydroxylation is 1. The van der Waals surface area contributed by atoms with Crippen LogP contribution in [0.15, 0.2) is 5.38 Å². The Hall–Kier alpha value is -1.12. The zero-order valence-electron chi connectivity index (χ0n) is 11.0. The third-order valence-corrected chi connectivity index (χ3v) is 4.80. The summed E-state index contributed by atoms with van der Waals surface area (Å²) < 4.78 is 0. The summed E-state index contributed by atoms with van der Waals surface area (Å²) in [6, 6.07) is -0.903. The van der Waals surface area contributed by atoms with Crippen molar-refractivity contribution >= 4 is 35.0 Å². The van der Waals surface area contributed by atoms with Crippen molar-refractivity contribution in [1.29, 1.82) is 0 Å². The lowest BCUT2D eigenvalue weighted by molar-refractivity contribution is -0.147. The molecule has 6 nitrogen and oxygen atoms in total. The van der Waals surface area contributed by atoms with Gasteiger partial charge in [-0.15, -0.1) is 23.1 Å². The first-order valence-corrected chi connectivity index (χ1v) is 8.20. The maximum atomic E-state index is 12.0. The summed E-state index contributed by atoms with van der Waals surface area (Å²) in [6.07, 6.45) is -0.636. The van der Waals surface area contributed by atoms with E-state index in [1.165, 1.54) is 16.7 Å². The molecule has 8 heteroatoms. The van der Waals surface area contributed by atoms with Gasteiger partial charge in [-0.1, -0.05) is 0 Å². The molecule has 2 heterocycles. The normalized spacial score (nSPS) is 22.2. The predicted octanol–water partition coefficient (Wildman–Crippen LogP) is 0.731. The summed E-state index contributed by atoms with van der Waals surface area (Å²) in [5.74, 6) is -0.474. The number of β-amino-alcohol motifs (C(OH)–C–C–N with tert-alkyl or cyclic N) is 1.